The zero-order chi connectivity index (χ0) is 16.0. The van der Waals surface area contributed by atoms with Crippen LogP contribution in [0.2, 0.25) is 0 Å². The molecule has 0 bridgehead atoms. The number of nitrogens with zero attached hydrogens (tertiary/aromatic N) is 2. The number of phenols is 1. The van der Waals surface area contributed by atoms with E-state index in [1.807, 2.05) is 29.8 Å². The first kappa shape index (κ1) is 13.7. The fraction of sp³-hybridized carbons (Fsp3) is 0.167. The first-order valence-corrected chi connectivity index (χ1v) is 7.46. The summed E-state index contributed by atoms with van der Waals surface area (Å²) in [4.78, 5) is 0. The van der Waals surface area contributed by atoms with E-state index in [1.165, 1.54) is 0 Å². The van der Waals surface area contributed by atoms with Gasteiger partial charge in [-0.1, -0.05) is 18.2 Å². The molecule has 0 aliphatic carbocycles. The van der Waals surface area contributed by atoms with Crippen LogP contribution in [-0.4, -0.2) is 22.0 Å². The molecule has 23 heavy (non-hydrogen) atoms. The molecule has 5 heteroatoms. The van der Waals surface area contributed by atoms with Gasteiger partial charge in [0.15, 0.2) is 6.17 Å². The number of hydrogen-bond acceptors (Lipinski definition) is 4. The lowest BCUT2D eigenvalue weighted by molar-refractivity contribution is 0.395. The van der Waals surface area contributed by atoms with Crippen LogP contribution in [0.4, 0.5) is 5.69 Å². The van der Waals surface area contributed by atoms with Crippen molar-refractivity contribution in [1.29, 1.82) is 0 Å². The van der Waals surface area contributed by atoms with Gasteiger partial charge in [0.05, 0.1) is 18.5 Å². The molecule has 0 saturated carbocycles. The van der Waals surface area contributed by atoms with Gasteiger partial charge in [-0.3, -0.25) is 0 Å². The normalized spacial score (nSPS) is 15.5. The van der Waals surface area contributed by atoms with Crippen molar-refractivity contribution < 1.29 is 9.84 Å². The van der Waals surface area contributed by atoms with Crippen LogP contribution in [-0.2, 0) is 0 Å². The molecule has 2 N–H and O–H groups in total. The zero-order valence-corrected chi connectivity index (χ0v) is 12.9. The number of hydrogen-bond donors (Lipinski definition) is 2. The molecule has 0 radical (unpaired) electrons. The molecule has 4 rings (SSSR count). The molecule has 1 unspecified atom stereocenters. The first-order valence-electron chi connectivity index (χ1n) is 7.46. The number of nitrogens with one attached hydrogen (secondary N) is 1. The van der Waals surface area contributed by atoms with Gasteiger partial charge >= 0.3 is 0 Å². The topological polar surface area (TPSA) is 59.3 Å². The van der Waals surface area contributed by atoms with Crippen molar-refractivity contribution in [2.75, 3.05) is 12.4 Å². The lowest BCUT2D eigenvalue weighted by Crippen LogP contribution is -2.26. The van der Waals surface area contributed by atoms with Crippen molar-refractivity contribution >= 4 is 5.69 Å². The van der Waals surface area contributed by atoms with E-state index in [1.54, 1.807) is 19.2 Å². The van der Waals surface area contributed by atoms with Gasteiger partial charge in [0.2, 0.25) is 0 Å². The van der Waals surface area contributed by atoms with E-state index < -0.39 is 0 Å². The Morgan fingerprint density at radius 2 is 2.00 bits per heavy atom. The van der Waals surface area contributed by atoms with Crippen molar-refractivity contribution in [2.24, 2.45) is 0 Å². The standard InChI is InChI=1S/C18H17N3O2/c1-11-9-16-13-5-3-4-6-15(13)19-18(21(16)20-11)14-8-7-12(22)10-17(14)23-2/h3-10,18-19,22H,1-2H3. The molecule has 0 amide bonds. The van der Waals surface area contributed by atoms with E-state index in [2.05, 4.69) is 28.6 Å². The summed E-state index contributed by atoms with van der Waals surface area (Å²) in [6.45, 7) is 1.99. The molecule has 0 fully saturated rings. The van der Waals surface area contributed by atoms with Gasteiger partial charge < -0.3 is 15.2 Å². The Morgan fingerprint density at radius 1 is 1.17 bits per heavy atom. The number of aromatic hydroxyl groups is 1. The number of para-hydroxylation sites is 1. The largest absolute Gasteiger partial charge is 0.508 e. The van der Waals surface area contributed by atoms with E-state index in [0.29, 0.717) is 5.75 Å². The molecule has 2 aromatic carbocycles. The van der Waals surface area contributed by atoms with Gasteiger partial charge in [-0.15, -0.1) is 0 Å². The number of rotatable bonds is 2. The van der Waals surface area contributed by atoms with Gasteiger partial charge in [-0.05, 0) is 31.2 Å². The number of ether oxygens (including phenoxy) is 1. The predicted molar refractivity (Wildman–Crippen MR) is 88.8 cm³/mol. The molecule has 0 saturated heterocycles. The lowest BCUT2D eigenvalue weighted by atomic mass is 10.0. The van der Waals surface area contributed by atoms with E-state index >= 15 is 0 Å². The molecule has 2 heterocycles. The third kappa shape index (κ3) is 2.12. The number of methoxy groups -OCH3 is 1. The van der Waals surface area contributed by atoms with Crippen molar-refractivity contribution in [1.82, 2.24) is 9.78 Å². The number of anilines is 1. The number of phenolic OH excluding ortho intramolecular Hbond substituents is 1. The summed E-state index contributed by atoms with van der Waals surface area (Å²) in [5, 5.41) is 17.9. The maximum absolute atomic E-state index is 9.70. The van der Waals surface area contributed by atoms with Crippen molar-refractivity contribution in [2.45, 2.75) is 13.1 Å². The Hall–Kier alpha value is -2.95. The van der Waals surface area contributed by atoms with Gasteiger partial charge in [0.25, 0.3) is 0 Å². The highest BCUT2D eigenvalue weighted by molar-refractivity contribution is 5.79. The Labute approximate surface area is 134 Å². The molecular weight excluding hydrogens is 290 g/mol. The predicted octanol–water partition coefficient (Wildman–Crippen LogP) is 3.55. The second kappa shape index (κ2) is 5.05. The third-order valence-electron chi connectivity index (χ3n) is 4.11. The van der Waals surface area contributed by atoms with Gasteiger partial charge in [-0.2, -0.15) is 5.10 Å². The second-order valence-electron chi connectivity index (χ2n) is 5.63. The SMILES string of the molecule is COc1cc(O)ccc1C1Nc2ccccc2-c2cc(C)nn21. The minimum absolute atomic E-state index is 0.179. The maximum atomic E-state index is 9.70. The highest BCUT2D eigenvalue weighted by atomic mass is 16.5. The van der Waals surface area contributed by atoms with Crippen LogP contribution in [0.1, 0.15) is 17.4 Å². The van der Waals surface area contributed by atoms with E-state index in [-0.39, 0.29) is 11.9 Å². The van der Waals surface area contributed by atoms with Crippen molar-refractivity contribution in [3.05, 3.63) is 59.8 Å². The number of aromatic nitrogens is 2. The molecule has 1 atom stereocenters. The first-order chi connectivity index (χ1) is 11.2. The third-order valence-corrected chi connectivity index (χ3v) is 4.11. The highest BCUT2D eigenvalue weighted by Crippen LogP contribution is 2.41. The molecule has 1 aliphatic rings. The molecule has 1 aromatic heterocycles. The van der Waals surface area contributed by atoms with E-state index in [9.17, 15) is 5.11 Å². The van der Waals surface area contributed by atoms with Crippen LogP contribution in [0.25, 0.3) is 11.3 Å². The summed E-state index contributed by atoms with van der Waals surface area (Å²) in [6, 6.07) is 15.4. The number of benzene rings is 2. The lowest BCUT2D eigenvalue weighted by Gasteiger charge is -2.30. The van der Waals surface area contributed by atoms with Crippen LogP contribution in [0.5, 0.6) is 11.5 Å². The Kier molecular flexibility index (Phi) is 3.01. The minimum atomic E-state index is -0.191. The van der Waals surface area contributed by atoms with Crippen LogP contribution in [0.3, 0.4) is 0 Å². The summed E-state index contributed by atoms with van der Waals surface area (Å²) in [5.74, 6) is 0.805. The monoisotopic (exact) mass is 307 g/mol. The quantitative estimate of drug-likeness (QED) is 0.760. The Morgan fingerprint density at radius 3 is 2.83 bits per heavy atom. The summed E-state index contributed by atoms with van der Waals surface area (Å²) in [5.41, 5.74) is 5.13. The maximum Gasteiger partial charge on any atom is 0.150 e. The summed E-state index contributed by atoms with van der Waals surface area (Å²) in [7, 11) is 1.60. The number of fused-ring (bicyclic) bond motifs is 3. The van der Waals surface area contributed by atoms with Crippen molar-refractivity contribution in [3.63, 3.8) is 0 Å². The average molecular weight is 307 g/mol. The van der Waals surface area contributed by atoms with Crippen LogP contribution in [0, 0.1) is 6.92 Å². The molecule has 116 valence electrons. The minimum Gasteiger partial charge on any atom is -0.508 e. The Bertz CT molecular complexity index is 886. The van der Waals surface area contributed by atoms with Crippen LogP contribution in [0.15, 0.2) is 48.5 Å². The van der Waals surface area contributed by atoms with Gasteiger partial charge in [-0.25, -0.2) is 4.68 Å². The average Bonchev–Trinajstić information content (AvgIpc) is 2.96. The van der Waals surface area contributed by atoms with Crippen LogP contribution < -0.4 is 10.1 Å². The van der Waals surface area contributed by atoms with Crippen molar-refractivity contribution in [3.8, 4) is 22.8 Å². The van der Waals surface area contributed by atoms with E-state index in [0.717, 1.165) is 28.2 Å². The number of aryl methyl sites for hydroxylation is 1. The summed E-state index contributed by atoms with van der Waals surface area (Å²) in [6.07, 6.45) is -0.191. The molecular formula is C18H17N3O2. The van der Waals surface area contributed by atoms with Gasteiger partial charge in [0.1, 0.15) is 11.5 Å². The van der Waals surface area contributed by atoms with Crippen LogP contribution >= 0.6 is 0 Å². The fourth-order valence-corrected chi connectivity index (χ4v) is 3.09. The fourth-order valence-electron chi connectivity index (χ4n) is 3.09. The summed E-state index contributed by atoms with van der Waals surface area (Å²) >= 11 is 0. The zero-order valence-electron chi connectivity index (χ0n) is 12.9. The van der Waals surface area contributed by atoms with E-state index in [4.69, 9.17) is 4.74 Å². The smallest absolute Gasteiger partial charge is 0.150 e. The summed E-state index contributed by atoms with van der Waals surface area (Å²) < 4.78 is 7.41. The Balaban J connectivity index is 1.92. The van der Waals surface area contributed by atoms with Gasteiger partial charge in [0, 0.05) is 22.9 Å². The second-order valence-corrected chi connectivity index (χ2v) is 5.63. The molecule has 1 aliphatic heterocycles. The molecule has 0 spiro atoms. The highest BCUT2D eigenvalue weighted by Gasteiger charge is 2.28. The molecule has 3 aromatic rings. The molecule has 5 nitrogen and oxygen atoms in total.